The van der Waals surface area contributed by atoms with Crippen molar-refractivity contribution in [1.29, 1.82) is 0 Å². The summed E-state index contributed by atoms with van der Waals surface area (Å²) < 4.78 is 13.5. The number of carbonyl (C=O) groups is 2. The van der Waals surface area contributed by atoms with Crippen LogP contribution in [0.3, 0.4) is 0 Å². The fraction of sp³-hybridized carbons (Fsp3) is 0.500. The number of hydrogen-bond donors (Lipinski definition) is 0. The Bertz CT molecular complexity index is 1000. The van der Waals surface area contributed by atoms with Gasteiger partial charge in [0, 0.05) is 46.9 Å². The van der Waals surface area contributed by atoms with Gasteiger partial charge >= 0.3 is 0 Å². The summed E-state index contributed by atoms with van der Waals surface area (Å²) >= 11 is 0. The third-order valence-electron chi connectivity index (χ3n) is 7.20. The average Bonchev–Trinajstić information content (AvgIpc) is 3.30. The van der Waals surface area contributed by atoms with E-state index in [1.165, 1.54) is 12.1 Å². The minimum atomic E-state index is -0.593. The number of carbonyl (C=O) groups excluding carboxylic acids is 2. The number of benzene rings is 1. The van der Waals surface area contributed by atoms with Crippen LogP contribution in [0.15, 0.2) is 42.6 Å². The van der Waals surface area contributed by atoms with Crippen molar-refractivity contribution in [2.24, 2.45) is 5.41 Å². The molecule has 0 saturated carbocycles. The van der Waals surface area contributed by atoms with Crippen LogP contribution in [0.5, 0.6) is 0 Å². The zero-order valence-corrected chi connectivity index (χ0v) is 19.8. The van der Waals surface area contributed by atoms with Crippen molar-refractivity contribution in [3.05, 3.63) is 59.5 Å². The van der Waals surface area contributed by atoms with Crippen molar-refractivity contribution in [3.63, 3.8) is 0 Å². The topological polar surface area (TPSA) is 56.8 Å². The second-order valence-electron chi connectivity index (χ2n) is 9.59. The van der Waals surface area contributed by atoms with Crippen molar-refractivity contribution in [3.8, 4) is 0 Å². The molecule has 0 radical (unpaired) electrons. The molecule has 2 aromatic rings. The van der Waals surface area contributed by atoms with Gasteiger partial charge in [-0.1, -0.05) is 12.1 Å². The van der Waals surface area contributed by atoms with Crippen LogP contribution >= 0.6 is 0 Å². The van der Waals surface area contributed by atoms with Crippen LogP contribution in [0, 0.1) is 11.2 Å². The van der Waals surface area contributed by atoms with Gasteiger partial charge in [-0.15, -0.1) is 0 Å². The van der Waals surface area contributed by atoms with Gasteiger partial charge in [0.05, 0.1) is 11.5 Å². The number of hydrogen-bond acceptors (Lipinski definition) is 4. The quantitative estimate of drug-likeness (QED) is 0.692. The number of halogens is 1. The van der Waals surface area contributed by atoms with Gasteiger partial charge in [-0.2, -0.15) is 0 Å². The monoisotopic (exact) mass is 452 g/mol. The number of aromatic nitrogens is 1. The molecule has 4 rings (SSSR count). The van der Waals surface area contributed by atoms with E-state index in [1.807, 2.05) is 41.1 Å². The molecule has 2 fully saturated rings. The van der Waals surface area contributed by atoms with Gasteiger partial charge in [-0.05, 0) is 67.5 Å². The first-order valence-electron chi connectivity index (χ1n) is 11.7. The molecule has 176 valence electrons. The van der Waals surface area contributed by atoms with Crippen LogP contribution in [0.1, 0.15) is 49.8 Å². The van der Waals surface area contributed by atoms with E-state index in [9.17, 15) is 14.0 Å². The largest absolute Gasteiger partial charge is 0.363 e. The highest BCUT2D eigenvalue weighted by Gasteiger charge is 2.46. The summed E-state index contributed by atoms with van der Waals surface area (Å²) in [5, 5.41) is 0. The normalized spacial score (nSPS) is 20.1. The molecule has 1 atom stereocenters. The highest BCUT2D eigenvalue weighted by molar-refractivity contribution is 5.84. The molecule has 6 nitrogen and oxygen atoms in total. The van der Waals surface area contributed by atoms with E-state index in [-0.39, 0.29) is 23.7 Å². The number of piperidine rings is 1. The second-order valence-corrected chi connectivity index (χ2v) is 9.59. The molecule has 2 saturated heterocycles. The van der Waals surface area contributed by atoms with Gasteiger partial charge in [0.15, 0.2) is 0 Å². The fourth-order valence-electron chi connectivity index (χ4n) is 5.26. The van der Waals surface area contributed by atoms with E-state index in [2.05, 4.69) is 11.1 Å². The van der Waals surface area contributed by atoms with E-state index in [0.717, 1.165) is 36.3 Å². The summed E-state index contributed by atoms with van der Waals surface area (Å²) in [4.78, 5) is 36.4. The van der Waals surface area contributed by atoms with E-state index >= 15 is 0 Å². The summed E-state index contributed by atoms with van der Waals surface area (Å²) in [7, 11) is 3.92. The Morgan fingerprint density at radius 3 is 2.45 bits per heavy atom. The molecule has 0 aliphatic carbocycles. The molecule has 2 aliphatic rings. The Hall–Kier alpha value is -2.96. The van der Waals surface area contributed by atoms with Crippen LogP contribution < -0.4 is 4.90 Å². The molecule has 0 spiro atoms. The minimum Gasteiger partial charge on any atom is -0.363 e. The Kier molecular flexibility index (Phi) is 6.68. The van der Waals surface area contributed by atoms with Crippen molar-refractivity contribution in [2.75, 3.05) is 38.6 Å². The van der Waals surface area contributed by atoms with Gasteiger partial charge in [0.2, 0.25) is 11.8 Å². The first-order valence-corrected chi connectivity index (χ1v) is 11.7. The summed E-state index contributed by atoms with van der Waals surface area (Å²) in [6.45, 7) is 3.45. The van der Waals surface area contributed by atoms with Crippen LogP contribution in [0.25, 0.3) is 0 Å². The molecule has 0 unspecified atom stereocenters. The third-order valence-corrected chi connectivity index (χ3v) is 7.20. The lowest BCUT2D eigenvalue weighted by molar-refractivity contribution is -0.149. The van der Waals surface area contributed by atoms with Crippen molar-refractivity contribution in [1.82, 2.24) is 14.8 Å². The molecular formula is C26H33FN4O2. The summed E-state index contributed by atoms with van der Waals surface area (Å²) in [5.74, 6) is 0.799. The highest BCUT2D eigenvalue weighted by atomic mass is 19.1. The van der Waals surface area contributed by atoms with Gasteiger partial charge in [-0.3, -0.25) is 9.59 Å². The van der Waals surface area contributed by atoms with Crippen molar-refractivity contribution < 1.29 is 14.0 Å². The number of amides is 2. The fourth-order valence-corrected chi connectivity index (χ4v) is 5.26. The lowest BCUT2D eigenvalue weighted by Crippen LogP contribution is -2.52. The van der Waals surface area contributed by atoms with Gasteiger partial charge in [-0.25, -0.2) is 9.37 Å². The van der Waals surface area contributed by atoms with Crippen LogP contribution in [-0.2, 0) is 16.0 Å². The smallest absolute Gasteiger partial charge is 0.229 e. The molecule has 7 heteroatoms. The number of likely N-dealkylation sites (tertiary alicyclic amines) is 2. The second kappa shape index (κ2) is 9.49. The molecule has 2 amide bonds. The molecular weight excluding hydrogens is 419 g/mol. The maximum Gasteiger partial charge on any atom is 0.229 e. The number of rotatable bonds is 5. The zero-order chi connectivity index (χ0) is 23.6. The molecule has 0 N–H and O–H groups in total. The molecule has 1 aromatic carbocycles. The summed E-state index contributed by atoms with van der Waals surface area (Å²) in [6, 6.07) is 10.6. The zero-order valence-electron chi connectivity index (χ0n) is 19.8. The number of nitrogens with zero attached hydrogens (tertiary/aromatic N) is 4. The number of anilines is 1. The van der Waals surface area contributed by atoms with E-state index in [4.69, 9.17) is 0 Å². The molecule has 2 aliphatic heterocycles. The molecule has 1 aromatic heterocycles. The van der Waals surface area contributed by atoms with Crippen LogP contribution in [0.2, 0.25) is 0 Å². The maximum absolute atomic E-state index is 14.2. The van der Waals surface area contributed by atoms with Crippen molar-refractivity contribution in [2.45, 2.75) is 45.1 Å². The predicted molar refractivity (Wildman–Crippen MR) is 126 cm³/mol. The van der Waals surface area contributed by atoms with Crippen molar-refractivity contribution >= 4 is 17.6 Å². The lowest BCUT2D eigenvalue weighted by atomic mass is 9.72. The predicted octanol–water partition coefficient (Wildman–Crippen LogP) is 3.82. The van der Waals surface area contributed by atoms with Crippen LogP contribution in [0.4, 0.5) is 10.2 Å². The van der Waals surface area contributed by atoms with E-state index in [0.29, 0.717) is 32.4 Å². The van der Waals surface area contributed by atoms with E-state index in [1.54, 1.807) is 19.1 Å². The minimum absolute atomic E-state index is 0.0233. The van der Waals surface area contributed by atoms with E-state index < -0.39 is 5.41 Å². The average molecular weight is 453 g/mol. The third kappa shape index (κ3) is 4.87. The first-order chi connectivity index (χ1) is 15.8. The Morgan fingerprint density at radius 2 is 1.82 bits per heavy atom. The maximum atomic E-state index is 14.2. The summed E-state index contributed by atoms with van der Waals surface area (Å²) in [6.07, 6.45) is 5.49. The molecule has 0 bridgehead atoms. The molecule has 3 heterocycles. The number of pyridine rings is 1. The Balaban J connectivity index is 1.63. The SMILES string of the molecule is CC(=O)N1CCC(Cc2ccc(F)cc2)(C(=O)N2CCC[C@@H]2c2ccnc(N(C)C)c2)CC1. The van der Waals surface area contributed by atoms with Crippen LogP contribution in [-0.4, -0.2) is 60.3 Å². The highest BCUT2D eigenvalue weighted by Crippen LogP contribution is 2.42. The van der Waals surface area contributed by atoms with Gasteiger partial charge < -0.3 is 14.7 Å². The summed E-state index contributed by atoms with van der Waals surface area (Å²) in [5.41, 5.74) is 1.47. The Morgan fingerprint density at radius 1 is 1.12 bits per heavy atom. The molecule has 33 heavy (non-hydrogen) atoms. The lowest BCUT2D eigenvalue weighted by Gasteiger charge is -2.43. The Labute approximate surface area is 195 Å². The first kappa shape index (κ1) is 23.2. The van der Waals surface area contributed by atoms with Gasteiger partial charge in [0.25, 0.3) is 0 Å². The standard InChI is InChI=1S/C26H33FN4O2/c1-19(32)30-15-11-26(12-16-30,18-20-6-8-22(27)9-7-20)25(33)31-14-4-5-23(31)21-10-13-28-24(17-21)29(2)3/h6-10,13,17,23H,4-5,11-12,14-16,18H2,1-3H3/t23-/m1/s1. The van der Waals surface area contributed by atoms with Gasteiger partial charge in [0.1, 0.15) is 11.6 Å².